The van der Waals surface area contributed by atoms with Gasteiger partial charge in [-0.2, -0.15) is 5.10 Å². The SMILES string of the molecule is Cc1ccc(-c2nn(-c3ccccc3)cc2CN(C)C(=O)[C@H](C)n2ccnc2)cc1C. The highest BCUT2D eigenvalue weighted by Crippen LogP contribution is 2.27. The van der Waals surface area contributed by atoms with Crippen molar-refractivity contribution in [3.63, 3.8) is 0 Å². The number of imidazole rings is 1. The molecule has 0 radical (unpaired) electrons. The van der Waals surface area contributed by atoms with Gasteiger partial charge in [0.25, 0.3) is 0 Å². The van der Waals surface area contributed by atoms with Crippen LogP contribution in [-0.2, 0) is 11.3 Å². The van der Waals surface area contributed by atoms with Crippen LogP contribution in [0.2, 0.25) is 0 Å². The topological polar surface area (TPSA) is 56.0 Å². The number of hydrogen-bond acceptors (Lipinski definition) is 3. The molecule has 31 heavy (non-hydrogen) atoms. The Balaban J connectivity index is 1.69. The number of rotatable bonds is 6. The lowest BCUT2D eigenvalue weighted by Gasteiger charge is -2.22. The molecule has 0 fully saturated rings. The van der Waals surface area contributed by atoms with E-state index < -0.39 is 0 Å². The minimum atomic E-state index is -0.318. The Morgan fingerprint density at radius 3 is 2.55 bits per heavy atom. The molecular formula is C25H27N5O. The Bertz CT molecular complexity index is 1180. The van der Waals surface area contributed by atoms with Gasteiger partial charge >= 0.3 is 0 Å². The molecule has 4 aromatic rings. The van der Waals surface area contributed by atoms with Crippen LogP contribution in [0.5, 0.6) is 0 Å². The van der Waals surface area contributed by atoms with Crippen molar-refractivity contribution in [3.05, 3.63) is 90.1 Å². The van der Waals surface area contributed by atoms with Crippen molar-refractivity contribution in [3.8, 4) is 16.9 Å². The minimum Gasteiger partial charge on any atom is -0.339 e. The summed E-state index contributed by atoms with van der Waals surface area (Å²) in [5, 5.41) is 4.89. The first kappa shape index (κ1) is 20.6. The zero-order valence-corrected chi connectivity index (χ0v) is 18.4. The van der Waals surface area contributed by atoms with E-state index in [1.807, 2.05) is 65.9 Å². The van der Waals surface area contributed by atoms with Gasteiger partial charge in [0.1, 0.15) is 6.04 Å². The molecule has 0 aliphatic rings. The largest absolute Gasteiger partial charge is 0.339 e. The molecule has 2 aromatic carbocycles. The second kappa shape index (κ2) is 8.60. The van der Waals surface area contributed by atoms with Crippen LogP contribution in [0.25, 0.3) is 16.9 Å². The van der Waals surface area contributed by atoms with Crippen molar-refractivity contribution < 1.29 is 4.79 Å². The molecule has 0 saturated heterocycles. The first-order valence-corrected chi connectivity index (χ1v) is 10.4. The van der Waals surface area contributed by atoms with Crippen molar-refractivity contribution in [2.75, 3.05) is 7.05 Å². The average molecular weight is 414 g/mol. The van der Waals surface area contributed by atoms with Crippen LogP contribution >= 0.6 is 0 Å². The normalized spacial score (nSPS) is 12.0. The molecule has 1 atom stereocenters. The first-order valence-electron chi connectivity index (χ1n) is 10.4. The molecule has 6 nitrogen and oxygen atoms in total. The predicted octanol–water partition coefficient (Wildman–Crippen LogP) is 4.57. The van der Waals surface area contributed by atoms with E-state index in [0.29, 0.717) is 6.54 Å². The van der Waals surface area contributed by atoms with Gasteiger partial charge in [0, 0.05) is 43.3 Å². The maximum Gasteiger partial charge on any atom is 0.245 e. The summed E-state index contributed by atoms with van der Waals surface area (Å²) in [4.78, 5) is 18.8. The summed E-state index contributed by atoms with van der Waals surface area (Å²) in [6.45, 7) is 6.56. The zero-order chi connectivity index (χ0) is 22.0. The monoisotopic (exact) mass is 413 g/mol. The van der Waals surface area contributed by atoms with E-state index in [9.17, 15) is 4.79 Å². The molecule has 0 aliphatic heterocycles. The summed E-state index contributed by atoms with van der Waals surface area (Å²) in [5.41, 5.74) is 6.39. The smallest absolute Gasteiger partial charge is 0.245 e. The fraction of sp³-hybridized carbons (Fsp3) is 0.240. The molecule has 6 heteroatoms. The van der Waals surface area contributed by atoms with E-state index in [-0.39, 0.29) is 11.9 Å². The summed E-state index contributed by atoms with van der Waals surface area (Å²) < 4.78 is 3.70. The van der Waals surface area contributed by atoms with Gasteiger partial charge in [0.15, 0.2) is 0 Å². The summed E-state index contributed by atoms with van der Waals surface area (Å²) in [6, 6.07) is 16.1. The molecule has 0 saturated carbocycles. The molecule has 0 aliphatic carbocycles. The number of likely N-dealkylation sites (N-methyl/N-ethyl adjacent to an activating group) is 1. The van der Waals surface area contributed by atoms with Gasteiger partial charge in [-0.25, -0.2) is 9.67 Å². The quantitative estimate of drug-likeness (QED) is 0.465. The fourth-order valence-electron chi connectivity index (χ4n) is 3.65. The van der Waals surface area contributed by atoms with E-state index in [1.165, 1.54) is 11.1 Å². The minimum absolute atomic E-state index is 0.0245. The second-order valence-corrected chi connectivity index (χ2v) is 7.96. The third-order valence-corrected chi connectivity index (χ3v) is 5.70. The van der Waals surface area contributed by atoms with Crippen molar-refractivity contribution in [1.82, 2.24) is 24.2 Å². The van der Waals surface area contributed by atoms with Crippen LogP contribution in [0.1, 0.15) is 29.7 Å². The van der Waals surface area contributed by atoms with E-state index in [1.54, 1.807) is 17.4 Å². The highest BCUT2D eigenvalue weighted by atomic mass is 16.2. The van der Waals surface area contributed by atoms with Crippen LogP contribution in [0.15, 0.2) is 73.4 Å². The Morgan fingerprint density at radius 2 is 1.87 bits per heavy atom. The van der Waals surface area contributed by atoms with Crippen LogP contribution in [-0.4, -0.2) is 37.2 Å². The van der Waals surface area contributed by atoms with Crippen molar-refractivity contribution in [1.29, 1.82) is 0 Å². The highest BCUT2D eigenvalue weighted by molar-refractivity contribution is 5.80. The van der Waals surface area contributed by atoms with Gasteiger partial charge < -0.3 is 9.47 Å². The van der Waals surface area contributed by atoms with Gasteiger partial charge in [-0.1, -0.05) is 30.3 Å². The molecular weight excluding hydrogens is 386 g/mol. The van der Waals surface area contributed by atoms with Crippen LogP contribution in [0.4, 0.5) is 0 Å². The molecule has 0 N–H and O–H groups in total. The maximum absolute atomic E-state index is 13.0. The number of aromatic nitrogens is 4. The Morgan fingerprint density at radius 1 is 1.10 bits per heavy atom. The molecule has 4 rings (SSSR count). The van der Waals surface area contributed by atoms with Gasteiger partial charge in [0.2, 0.25) is 5.91 Å². The first-order chi connectivity index (χ1) is 14.9. The maximum atomic E-state index is 13.0. The summed E-state index contributed by atoms with van der Waals surface area (Å²) >= 11 is 0. The van der Waals surface area contributed by atoms with Gasteiger partial charge in [-0.05, 0) is 50.1 Å². The molecule has 158 valence electrons. The summed E-state index contributed by atoms with van der Waals surface area (Å²) in [6.07, 6.45) is 7.19. The van der Waals surface area contributed by atoms with E-state index >= 15 is 0 Å². The number of nitrogens with zero attached hydrogens (tertiary/aromatic N) is 5. The predicted molar refractivity (Wildman–Crippen MR) is 122 cm³/mol. The van der Waals surface area contributed by atoms with Gasteiger partial charge in [-0.15, -0.1) is 0 Å². The third-order valence-electron chi connectivity index (χ3n) is 5.70. The average Bonchev–Trinajstić information content (AvgIpc) is 3.46. The van der Waals surface area contributed by atoms with Crippen LogP contribution in [0, 0.1) is 13.8 Å². The van der Waals surface area contributed by atoms with Crippen LogP contribution in [0.3, 0.4) is 0 Å². The van der Waals surface area contributed by atoms with E-state index in [4.69, 9.17) is 5.10 Å². The summed E-state index contributed by atoms with van der Waals surface area (Å²) in [7, 11) is 1.83. The number of carbonyl (C=O) groups excluding carboxylic acids is 1. The van der Waals surface area contributed by atoms with Crippen LogP contribution < -0.4 is 0 Å². The molecule has 1 amide bonds. The number of carbonyl (C=O) groups is 1. The molecule has 0 bridgehead atoms. The number of benzene rings is 2. The highest BCUT2D eigenvalue weighted by Gasteiger charge is 2.21. The molecule has 2 aromatic heterocycles. The number of para-hydroxylation sites is 1. The molecule has 0 unspecified atom stereocenters. The van der Waals surface area contributed by atoms with Gasteiger partial charge in [-0.3, -0.25) is 4.79 Å². The lowest BCUT2D eigenvalue weighted by Crippen LogP contribution is -2.32. The summed E-state index contributed by atoms with van der Waals surface area (Å²) in [5.74, 6) is 0.0245. The zero-order valence-electron chi connectivity index (χ0n) is 18.4. The lowest BCUT2D eigenvalue weighted by atomic mass is 10.0. The number of aryl methyl sites for hydroxylation is 2. The Kier molecular flexibility index (Phi) is 5.71. The second-order valence-electron chi connectivity index (χ2n) is 7.96. The third kappa shape index (κ3) is 4.28. The van der Waals surface area contributed by atoms with E-state index in [2.05, 4.69) is 37.0 Å². The van der Waals surface area contributed by atoms with Crippen molar-refractivity contribution >= 4 is 5.91 Å². The number of amides is 1. The Labute approximate surface area is 182 Å². The Hall–Kier alpha value is -3.67. The van der Waals surface area contributed by atoms with Crippen molar-refractivity contribution in [2.45, 2.75) is 33.4 Å². The standard InChI is InChI=1S/C25H27N5O/c1-18-10-11-21(14-19(18)2)24-22(16-30(27-24)23-8-6-5-7-9-23)15-28(4)25(31)20(3)29-13-12-26-17-29/h5-14,16-17,20H,15H2,1-4H3/t20-/m0/s1. The lowest BCUT2D eigenvalue weighted by molar-refractivity contribution is -0.133. The van der Waals surface area contributed by atoms with Gasteiger partial charge in [0.05, 0.1) is 17.7 Å². The number of hydrogen-bond donors (Lipinski definition) is 0. The molecule has 0 spiro atoms. The fourth-order valence-corrected chi connectivity index (χ4v) is 3.65. The van der Waals surface area contributed by atoms with E-state index in [0.717, 1.165) is 22.5 Å². The van der Waals surface area contributed by atoms with Crippen molar-refractivity contribution in [2.24, 2.45) is 0 Å². The molecule has 2 heterocycles.